The highest BCUT2D eigenvalue weighted by Crippen LogP contribution is 2.18. The second-order valence-electron chi connectivity index (χ2n) is 3.52. The molecule has 0 aliphatic carbocycles. The minimum Gasteiger partial charge on any atom is -0.330 e. The van der Waals surface area contributed by atoms with Gasteiger partial charge < -0.3 is 10.3 Å². The van der Waals surface area contributed by atoms with Crippen LogP contribution in [-0.2, 0) is 0 Å². The lowest BCUT2D eigenvalue weighted by Crippen LogP contribution is -2.16. The zero-order valence-electron chi connectivity index (χ0n) is 9.10. The first-order valence-corrected chi connectivity index (χ1v) is 6.17. The summed E-state index contributed by atoms with van der Waals surface area (Å²) in [5.74, 6) is 2.28. The van der Waals surface area contributed by atoms with Gasteiger partial charge in [-0.3, -0.25) is 0 Å². The van der Waals surface area contributed by atoms with Gasteiger partial charge in [-0.1, -0.05) is 6.92 Å². The Kier molecular flexibility index (Phi) is 4.48. The highest BCUT2D eigenvalue weighted by atomic mass is 32.2. The molecule has 0 amide bonds. The summed E-state index contributed by atoms with van der Waals surface area (Å²) in [6.45, 7) is 6.38. The van der Waals surface area contributed by atoms with Gasteiger partial charge in [0.1, 0.15) is 0 Å². The number of rotatable bonds is 5. The molecule has 0 saturated carbocycles. The zero-order chi connectivity index (χ0) is 10.6. The minimum atomic E-state index is 0.0616. The molecule has 0 saturated heterocycles. The number of nitrogens with two attached hydrogens (primary N) is 1. The molecule has 0 bridgehead atoms. The summed E-state index contributed by atoms with van der Waals surface area (Å²) in [5, 5.41) is 0. The van der Waals surface area contributed by atoms with Crippen molar-refractivity contribution >= 4 is 11.8 Å². The summed E-state index contributed by atoms with van der Waals surface area (Å²) in [5.41, 5.74) is 6.98. The van der Waals surface area contributed by atoms with Gasteiger partial charge in [0.25, 0.3) is 0 Å². The van der Waals surface area contributed by atoms with Gasteiger partial charge in [0.15, 0.2) is 0 Å². The molecule has 1 heterocycles. The first kappa shape index (κ1) is 11.6. The quantitative estimate of drug-likeness (QED) is 0.815. The maximum atomic E-state index is 5.86. The van der Waals surface area contributed by atoms with Crippen LogP contribution in [0.4, 0.5) is 0 Å². The van der Waals surface area contributed by atoms with Crippen molar-refractivity contribution in [3.05, 3.63) is 18.2 Å². The molecule has 14 heavy (non-hydrogen) atoms. The Balaban J connectivity index is 2.68. The lowest BCUT2D eigenvalue weighted by molar-refractivity contribution is 0.560. The normalized spacial score (nSPS) is 15.4. The van der Waals surface area contributed by atoms with Crippen LogP contribution in [0.2, 0.25) is 0 Å². The molecule has 80 valence electrons. The molecule has 1 aromatic rings. The van der Waals surface area contributed by atoms with Crippen molar-refractivity contribution in [1.29, 1.82) is 0 Å². The van der Waals surface area contributed by atoms with Crippen LogP contribution in [0.25, 0.3) is 0 Å². The molecule has 0 aromatic carbocycles. The van der Waals surface area contributed by atoms with Crippen LogP contribution in [-0.4, -0.2) is 21.1 Å². The third-order valence-corrected chi connectivity index (χ3v) is 3.33. The van der Waals surface area contributed by atoms with E-state index in [-0.39, 0.29) is 6.04 Å². The molecule has 1 rings (SSSR count). The van der Waals surface area contributed by atoms with Gasteiger partial charge in [0, 0.05) is 24.0 Å². The Hall–Kier alpha value is -0.480. The zero-order valence-corrected chi connectivity index (χ0v) is 9.92. The number of hydrogen-bond donors (Lipinski definition) is 1. The summed E-state index contributed by atoms with van der Waals surface area (Å²) >= 11 is 1.95. The lowest BCUT2D eigenvalue weighted by atomic mass is 10.2. The van der Waals surface area contributed by atoms with Crippen LogP contribution < -0.4 is 5.73 Å². The van der Waals surface area contributed by atoms with E-state index >= 15 is 0 Å². The van der Waals surface area contributed by atoms with Crippen LogP contribution in [0.1, 0.15) is 38.5 Å². The largest absolute Gasteiger partial charge is 0.330 e. The molecule has 0 spiro atoms. The lowest BCUT2D eigenvalue weighted by Gasteiger charge is -2.17. The van der Waals surface area contributed by atoms with Crippen molar-refractivity contribution in [2.75, 3.05) is 11.5 Å². The maximum Gasteiger partial charge on any atom is 0.0951 e. The number of aromatic nitrogens is 2. The summed E-state index contributed by atoms with van der Waals surface area (Å²) in [6, 6.07) is 0.537. The summed E-state index contributed by atoms with van der Waals surface area (Å²) < 4.78 is 2.17. The minimum absolute atomic E-state index is 0.0616. The van der Waals surface area contributed by atoms with Crippen LogP contribution >= 0.6 is 11.8 Å². The average Bonchev–Trinajstić information content (AvgIpc) is 2.62. The maximum absolute atomic E-state index is 5.86. The number of nitrogens with zero attached hydrogens (tertiary/aromatic N) is 2. The molecule has 2 unspecified atom stereocenters. The molecule has 0 aliphatic heterocycles. The van der Waals surface area contributed by atoms with Crippen molar-refractivity contribution in [3.8, 4) is 0 Å². The second-order valence-corrected chi connectivity index (χ2v) is 4.84. The summed E-state index contributed by atoms with van der Waals surface area (Å²) in [6.07, 6.45) is 3.73. The fraction of sp³-hybridized carbons (Fsp3) is 0.700. The van der Waals surface area contributed by atoms with Crippen LogP contribution in [0.5, 0.6) is 0 Å². The van der Waals surface area contributed by atoms with Crippen LogP contribution in [0.15, 0.2) is 12.5 Å². The highest BCUT2D eigenvalue weighted by molar-refractivity contribution is 7.99. The van der Waals surface area contributed by atoms with Gasteiger partial charge in [0.05, 0.1) is 12.0 Å². The Bertz CT molecular complexity index is 270. The predicted molar refractivity (Wildman–Crippen MR) is 62.5 cm³/mol. The Morgan fingerprint density at radius 2 is 2.29 bits per heavy atom. The van der Waals surface area contributed by atoms with Crippen LogP contribution in [0, 0.1) is 0 Å². The third kappa shape index (κ3) is 2.75. The summed E-state index contributed by atoms with van der Waals surface area (Å²) in [7, 11) is 0. The van der Waals surface area contributed by atoms with E-state index in [1.165, 1.54) is 0 Å². The number of thioether (sulfide) groups is 1. The molecule has 0 aliphatic rings. The van der Waals surface area contributed by atoms with Crippen molar-refractivity contribution in [2.45, 2.75) is 32.9 Å². The molecule has 1 aromatic heterocycles. The Morgan fingerprint density at radius 1 is 1.57 bits per heavy atom. The van der Waals surface area contributed by atoms with Gasteiger partial charge in [0.2, 0.25) is 0 Å². The van der Waals surface area contributed by atoms with Gasteiger partial charge in [-0.25, -0.2) is 4.98 Å². The molecule has 4 heteroatoms. The first-order valence-electron chi connectivity index (χ1n) is 5.01. The van der Waals surface area contributed by atoms with E-state index in [4.69, 9.17) is 5.73 Å². The fourth-order valence-corrected chi connectivity index (χ4v) is 2.14. The summed E-state index contributed by atoms with van der Waals surface area (Å²) in [4.78, 5) is 4.15. The average molecular weight is 213 g/mol. The van der Waals surface area contributed by atoms with E-state index in [0.29, 0.717) is 6.04 Å². The van der Waals surface area contributed by atoms with Gasteiger partial charge >= 0.3 is 0 Å². The van der Waals surface area contributed by atoms with Crippen molar-refractivity contribution < 1.29 is 0 Å². The predicted octanol–water partition coefficient (Wildman–Crippen LogP) is 2.22. The molecule has 3 nitrogen and oxygen atoms in total. The molecule has 2 N–H and O–H groups in total. The molecule has 0 fully saturated rings. The number of imidazole rings is 1. The van der Waals surface area contributed by atoms with Gasteiger partial charge in [-0.15, -0.1) is 0 Å². The van der Waals surface area contributed by atoms with Crippen molar-refractivity contribution in [3.63, 3.8) is 0 Å². The number of hydrogen-bond acceptors (Lipinski definition) is 3. The van der Waals surface area contributed by atoms with E-state index in [1.807, 2.05) is 31.2 Å². The Morgan fingerprint density at radius 3 is 2.86 bits per heavy atom. The molecular formula is C10H19N3S. The SMILES string of the molecule is CCSCC(C)n1cncc1C(C)N. The monoisotopic (exact) mass is 213 g/mol. The first-order chi connectivity index (χ1) is 6.66. The molecular weight excluding hydrogens is 194 g/mol. The second kappa shape index (κ2) is 5.41. The van der Waals surface area contributed by atoms with Crippen molar-refractivity contribution in [1.82, 2.24) is 9.55 Å². The molecule has 0 radical (unpaired) electrons. The molecule has 2 atom stereocenters. The topological polar surface area (TPSA) is 43.8 Å². The van der Waals surface area contributed by atoms with Crippen LogP contribution in [0.3, 0.4) is 0 Å². The highest BCUT2D eigenvalue weighted by Gasteiger charge is 2.11. The fourth-order valence-electron chi connectivity index (χ4n) is 1.40. The van der Waals surface area contributed by atoms with E-state index in [0.717, 1.165) is 17.2 Å². The third-order valence-electron chi connectivity index (χ3n) is 2.20. The Labute approximate surface area is 90.1 Å². The van der Waals surface area contributed by atoms with E-state index in [1.54, 1.807) is 0 Å². The van der Waals surface area contributed by atoms with Gasteiger partial charge in [-0.05, 0) is 19.6 Å². The van der Waals surface area contributed by atoms with E-state index < -0.39 is 0 Å². The van der Waals surface area contributed by atoms with Crippen molar-refractivity contribution in [2.24, 2.45) is 5.73 Å². The van der Waals surface area contributed by atoms with Gasteiger partial charge in [-0.2, -0.15) is 11.8 Å². The van der Waals surface area contributed by atoms with E-state index in [9.17, 15) is 0 Å². The van der Waals surface area contributed by atoms with E-state index in [2.05, 4.69) is 23.4 Å². The smallest absolute Gasteiger partial charge is 0.0951 e. The standard InChI is InChI=1S/C10H19N3S/c1-4-14-6-8(2)13-7-12-5-10(13)9(3)11/h5,7-9H,4,6,11H2,1-3H3.